The van der Waals surface area contributed by atoms with Crippen LogP contribution in [-0.2, 0) is 4.74 Å². The van der Waals surface area contributed by atoms with Crippen LogP contribution in [0.25, 0.3) is 0 Å². The van der Waals surface area contributed by atoms with Gasteiger partial charge in [-0.1, -0.05) is 37.3 Å². The zero-order chi connectivity index (χ0) is 17.1. The molecule has 5 atom stereocenters. The standard InChI is InChI=1S/C19H28N2O3/c1-13-10-17(13)18(15-6-4-3-5-7-15)20-19(23)21-8-9-24-12-16(21)11-14(2)22/h3-7,13-14,16-18,22H,8-12H2,1-2H3,(H,20,23)/t13-,14+,16-,17+,18-/m1/s1. The van der Waals surface area contributed by atoms with Gasteiger partial charge in [0, 0.05) is 6.54 Å². The van der Waals surface area contributed by atoms with Crippen molar-refractivity contribution in [2.45, 2.75) is 44.9 Å². The Kier molecular flexibility index (Phi) is 5.41. The lowest BCUT2D eigenvalue weighted by molar-refractivity contribution is -0.00499. The number of hydrogen-bond donors (Lipinski definition) is 2. The van der Waals surface area contributed by atoms with Crippen LogP contribution in [0.2, 0.25) is 0 Å². The molecule has 5 nitrogen and oxygen atoms in total. The Bertz CT molecular complexity index is 549. The summed E-state index contributed by atoms with van der Waals surface area (Å²) < 4.78 is 5.50. The van der Waals surface area contributed by atoms with Crippen LogP contribution in [0, 0.1) is 11.8 Å². The van der Waals surface area contributed by atoms with Crippen LogP contribution in [0.1, 0.15) is 38.3 Å². The summed E-state index contributed by atoms with van der Waals surface area (Å²) in [6.07, 6.45) is 1.25. The van der Waals surface area contributed by atoms with E-state index in [1.807, 2.05) is 23.1 Å². The van der Waals surface area contributed by atoms with Crippen molar-refractivity contribution in [1.29, 1.82) is 0 Å². The molecule has 2 fully saturated rings. The van der Waals surface area contributed by atoms with E-state index in [1.54, 1.807) is 6.92 Å². The number of carbonyl (C=O) groups is 1. The zero-order valence-corrected chi connectivity index (χ0v) is 14.5. The third-order valence-electron chi connectivity index (χ3n) is 5.14. The van der Waals surface area contributed by atoms with Crippen LogP contribution in [0.4, 0.5) is 4.79 Å². The summed E-state index contributed by atoms with van der Waals surface area (Å²) in [6.45, 7) is 5.61. The molecule has 24 heavy (non-hydrogen) atoms. The van der Waals surface area contributed by atoms with E-state index in [2.05, 4.69) is 24.4 Å². The highest BCUT2D eigenvalue weighted by Crippen LogP contribution is 2.47. The lowest BCUT2D eigenvalue weighted by atomic mass is 10.0. The monoisotopic (exact) mass is 332 g/mol. The molecule has 3 rings (SSSR count). The maximum atomic E-state index is 12.9. The van der Waals surface area contributed by atoms with E-state index in [1.165, 1.54) is 5.56 Å². The van der Waals surface area contributed by atoms with Crippen LogP contribution in [-0.4, -0.2) is 47.9 Å². The molecule has 1 saturated carbocycles. The van der Waals surface area contributed by atoms with Gasteiger partial charge in [-0.05, 0) is 37.2 Å². The third kappa shape index (κ3) is 4.08. The third-order valence-corrected chi connectivity index (χ3v) is 5.14. The highest BCUT2D eigenvalue weighted by Gasteiger charge is 2.42. The van der Waals surface area contributed by atoms with Crippen LogP contribution in [0.5, 0.6) is 0 Å². The maximum absolute atomic E-state index is 12.9. The van der Waals surface area contributed by atoms with Gasteiger partial charge in [-0.25, -0.2) is 4.79 Å². The van der Waals surface area contributed by atoms with Crippen molar-refractivity contribution < 1.29 is 14.6 Å². The number of aliphatic hydroxyl groups excluding tert-OH is 1. The van der Waals surface area contributed by atoms with Gasteiger partial charge in [-0.15, -0.1) is 0 Å². The number of carbonyl (C=O) groups excluding carboxylic acids is 1. The van der Waals surface area contributed by atoms with Crippen molar-refractivity contribution in [3.8, 4) is 0 Å². The Morgan fingerprint density at radius 1 is 1.42 bits per heavy atom. The molecule has 1 aromatic rings. The number of aliphatic hydroxyl groups is 1. The van der Waals surface area contributed by atoms with Crippen molar-refractivity contribution in [3.05, 3.63) is 35.9 Å². The average Bonchev–Trinajstić information content (AvgIpc) is 3.29. The summed E-state index contributed by atoms with van der Waals surface area (Å²) in [5.41, 5.74) is 1.17. The Labute approximate surface area is 144 Å². The molecule has 1 aliphatic heterocycles. The molecule has 0 spiro atoms. The van der Waals surface area contributed by atoms with Crippen LogP contribution in [0.3, 0.4) is 0 Å². The summed E-state index contributed by atoms with van der Waals surface area (Å²) >= 11 is 0. The van der Waals surface area contributed by atoms with E-state index in [9.17, 15) is 9.90 Å². The summed E-state index contributed by atoms with van der Waals surface area (Å²) in [5.74, 6) is 1.15. The Morgan fingerprint density at radius 3 is 2.75 bits per heavy atom. The topological polar surface area (TPSA) is 61.8 Å². The Morgan fingerprint density at radius 2 is 2.12 bits per heavy atom. The van der Waals surface area contributed by atoms with E-state index >= 15 is 0 Å². The van der Waals surface area contributed by atoms with Gasteiger partial charge in [0.15, 0.2) is 0 Å². The van der Waals surface area contributed by atoms with Gasteiger partial charge in [0.2, 0.25) is 0 Å². The van der Waals surface area contributed by atoms with Crippen molar-refractivity contribution in [3.63, 3.8) is 0 Å². The molecule has 2 amide bonds. The minimum atomic E-state index is -0.444. The first kappa shape index (κ1) is 17.2. The Hall–Kier alpha value is -1.59. The SMILES string of the molecule is C[C@H](O)C[C@@H]1COCCN1C(=O)N[C@H](c1ccccc1)[C@H]1C[C@H]1C. The van der Waals surface area contributed by atoms with Crippen molar-refractivity contribution in [1.82, 2.24) is 10.2 Å². The summed E-state index contributed by atoms with van der Waals surface area (Å²) in [6, 6.07) is 10.2. The predicted molar refractivity (Wildman–Crippen MR) is 92.6 cm³/mol. The Balaban J connectivity index is 1.70. The largest absolute Gasteiger partial charge is 0.393 e. The molecule has 0 radical (unpaired) electrons. The molecule has 1 aliphatic carbocycles. The maximum Gasteiger partial charge on any atom is 0.318 e. The van der Waals surface area contributed by atoms with Crippen LogP contribution < -0.4 is 5.32 Å². The first-order valence-electron chi connectivity index (χ1n) is 8.94. The fourth-order valence-electron chi connectivity index (χ4n) is 3.64. The van der Waals surface area contributed by atoms with Crippen molar-refractivity contribution >= 4 is 6.03 Å². The molecule has 1 aromatic carbocycles. The normalized spacial score (nSPS) is 29.0. The fourth-order valence-corrected chi connectivity index (χ4v) is 3.64. The molecule has 2 N–H and O–H groups in total. The number of amides is 2. The number of benzene rings is 1. The highest BCUT2D eigenvalue weighted by molar-refractivity contribution is 5.75. The fraction of sp³-hybridized carbons (Fsp3) is 0.632. The van der Waals surface area contributed by atoms with Gasteiger partial charge in [-0.3, -0.25) is 0 Å². The summed E-state index contributed by atoms with van der Waals surface area (Å²) in [4.78, 5) is 14.7. The van der Waals surface area contributed by atoms with Gasteiger partial charge in [0.05, 0.1) is 31.4 Å². The summed E-state index contributed by atoms with van der Waals surface area (Å²) in [7, 11) is 0. The number of nitrogens with zero attached hydrogens (tertiary/aromatic N) is 1. The van der Waals surface area contributed by atoms with Gasteiger partial charge in [0.1, 0.15) is 0 Å². The molecule has 2 aliphatic rings. The van der Waals surface area contributed by atoms with Crippen molar-refractivity contribution in [2.75, 3.05) is 19.8 Å². The number of rotatable bonds is 5. The smallest absolute Gasteiger partial charge is 0.318 e. The van der Waals surface area contributed by atoms with Crippen molar-refractivity contribution in [2.24, 2.45) is 11.8 Å². The minimum absolute atomic E-state index is 0.0445. The summed E-state index contributed by atoms with van der Waals surface area (Å²) in [5, 5.41) is 12.9. The molecule has 0 unspecified atom stereocenters. The second kappa shape index (κ2) is 7.53. The van der Waals surface area contributed by atoms with Crippen LogP contribution in [0.15, 0.2) is 30.3 Å². The quantitative estimate of drug-likeness (QED) is 0.871. The average molecular weight is 332 g/mol. The van der Waals surface area contributed by atoms with E-state index in [4.69, 9.17) is 4.74 Å². The number of hydrogen-bond acceptors (Lipinski definition) is 3. The van der Waals surface area contributed by atoms with E-state index < -0.39 is 6.10 Å². The number of ether oxygens (including phenoxy) is 1. The molecule has 132 valence electrons. The minimum Gasteiger partial charge on any atom is -0.393 e. The number of morpholine rings is 1. The number of urea groups is 1. The molecular formula is C19H28N2O3. The second-order valence-corrected chi connectivity index (χ2v) is 7.22. The molecule has 5 heteroatoms. The van der Waals surface area contributed by atoms with Gasteiger partial charge in [0.25, 0.3) is 0 Å². The van der Waals surface area contributed by atoms with E-state index in [0.717, 1.165) is 6.42 Å². The first-order valence-corrected chi connectivity index (χ1v) is 8.94. The second-order valence-electron chi connectivity index (χ2n) is 7.22. The zero-order valence-electron chi connectivity index (χ0n) is 14.5. The molecule has 0 aromatic heterocycles. The van der Waals surface area contributed by atoms with E-state index in [0.29, 0.717) is 38.0 Å². The molecule has 1 saturated heterocycles. The van der Waals surface area contributed by atoms with Crippen LogP contribution >= 0.6 is 0 Å². The lowest BCUT2D eigenvalue weighted by Gasteiger charge is -2.37. The van der Waals surface area contributed by atoms with Gasteiger partial charge in [-0.2, -0.15) is 0 Å². The highest BCUT2D eigenvalue weighted by atomic mass is 16.5. The lowest BCUT2D eigenvalue weighted by Crippen LogP contribution is -2.54. The van der Waals surface area contributed by atoms with E-state index in [-0.39, 0.29) is 18.1 Å². The van der Waals surface area contributed by atoms with Gasteiger partial charge >= 0.3 is 6.03 Å². The van der Waals surface area contributed by atoms with Gasteiger partial charge < -0.3 is 20.1 Å². The first-order chi connectivity index (χ1) is 11.6. The molecule has 0 bridgehead atoms. The predicted octanol–water partition coefficient (Wildman–Crippen LogP) is 2.57. The molecule has 1 heterocycles. The number of nitrogens with one attached hydrogen (secondary N) is 1. The molecular weight excluding hydrogens is 304 g/mol.